The Labute approximate surface area is 168 Å². The topological polar surface area (TPSA) is 51.9 Å². The second-order valence-corrected chi connectivity index (χ2v) is 7.06. The molecule has 0 atom stereocenters. The van der Waals surface area contributed by atoms with Crippen molar-refractivity contribution in [1.82, 2.24) is 4.90 Å². The van der Waals surface area contributed by atoms with Crippen LogP contribution in [0.1, 0.15) is 21.7 Å². The highest BCUT2D eigenvalue weighted by Gasteiger charge is 2.25. The Hall–Kier alpha value is -2.92. The van der Waals surface area contributed by atoms with Crippen LogP contribution in [-0.4, -0.2) is 31.6 Å². The number of fused-ring (bicyclic) bond motifs is 1. The molecule has 2 aromatic carbocycles. The summed E-state index contributed by atoms with van der Waals surface area (Å²) in [6.45, 7) is 1.13. The third-order valence-electron chi connectivity index (χ3n) is 4.95. The van der Waals surface area contributed by atoms with E-state index in [2.05, 4.69) is 0 Å². The lowest BCUT2D eigenvalue weighted by atomic mass is 9.98. The molecule has 0 unspecified atom stereocenters. The first-order chi connectivity index (χ1) is 13.6. The van der Waals surface area contributed by atoms with E-state index in [0.29, 0.717) is 41.1 Å². The zero-order valence-electron chi connectivity index (χ0n) is 15.7. The van der Waals surface area contributed by atoms with Crippen molar-refractivity contribution >= 4 is 17.5 Å². The number of ether oxygens (including phenoxy) is 2. The maximum Gasteiger partial charge on any atom is 0.289 e. The molecule has 0 saturated carbocycles. The third kappa shape index (κ3) is 3.45. The molecule has 0 spiro atoms. The van der Waals surface area contributed by atoms with E-state index in [-0.39, 0.29) is 5.91 Å². The van der Waals surface area contributed by atoms with Gasteiger partial charge < -0.3 is 18.8 Å². The molecule has 144 valence electrons. The Morgan fingerprint density at radius 1 is 1.00 bits per heavy atom. The number of halogens is 1. The number of nitrogens with zero attached hydrogens (tertiary/aromatic N) is 1. The summed E-state index contributed by atoms with van der Waals surface area (Å²) in [4.78, 5) is 14.7. The predicted molar refractivity (Wildman–Crippen MR) is 107 cm³/mol. The Morgan fingerprint density at radius 3 is 2.36 bits per heavy atom. The minimum absolute atomic E-state index is 0.124. The van der Waals surface area contributed by atoms with Crippen molar-refractivity contribution < 1.29 is 18.7 Å². The third-order valence-corrected chi connectivity index (χ3v) is 5.20. The summed E-state index contributed by atoms with van der Waals surface area (Å²) in [6, 6.07) is 14.8. The molecular formula is C22H20ClNO4. The normalized spacial score (nSPS) is 13.2. The first-order valence-electron chi connectivity index (χ1n) is 8.98. The summed E-state index contributed by atoms with van der Waals surface area (Å²) in [6.07, 6.45) is 0.756. The van der Waals surface area contributed by atoms with Gasteiger partial charge in [-0.05, 0) is 66.1 Å². The molecule has 2 heterocycles. The van der Waals surface area contributed by atoms with Gasteiger partial charge in [0.15, 0.2) is 17.3 Å². The molecule has 28 heavy (non-hydrogen) atoms. The molecule has 6 heteroatoms. The molecule has 0 bridgehead atoms. The van der Waals surface area contributed by atoms with Crippen molar-refractivity contribution in [2.24, 2.45) is 0 Å². The molecule has 1 aromatic heterocycles. The lowest BCUT2D eigenvalue weighted by Crippen LogP contribution is -2.35. The number of hydrogen-bond acceptors (Lipinski definition) is 4. The summed E-state index contributed by atoms with van der Waals surface area (Å²) >= 11 is 5.93. The van der Waals surface area contributed by atoms with Crippen LogP contribution >= 0.6 is 11.6 Å². The van der Waals surface area contributed by atoms with Gasteiger partial charge >= 0.3 is 0 Å². The smallest absolute Gasteiger partial charge is 0.289 e. The minimum Gasteiger partial charge on any atom is -0.493 e. The highest BCUT2D eigenvalue weighted by atomic mass is 35.5. The fraction of sp³-hybridized carbons (Fsp3) is 0.227. The minimum atomic E-state index is -0.124. The quantitative estimate of drug-likeness (QED) is 0.633. The Morgan fingerprint density at radius 2 is 1.68 bits per heavy atom. The van der Waals surface area contributed by atoms with Crippen LogP contribution in [0.3, 0.4) is 0 Å². The Bertz CT molecular complexity index is 1010. The van der Waals surface area contributed by atoms with Crippen LogP contribution in [-0.2, 0) is 13.0 Å². The standard InChI is InChI=1S/C22H20ClNO4/c1-26-20-11-15-9-10-24(13-16(15)12-21(20)27-2)22(25)19-8-7-18(28-19)14-3-5-17(23)6-4-14/h3-8,11-12H,9-10,13H2,1-2H3. The largest absolute Gasteiger partial charge is 0.493 e. The zero-order valence-corrected chi connectivity index (χ0v) is 16.5. The van der Waals surface area contributed by atoms with Crippen molar-refractivity contribution in [2.45, 2.75) is 13.0 Å². The Kier molecular flexibility index (Phi) is 5.01. The number of methoxy groups -OCH3 is 2. The van der Waals surface area contributed by atoms with Gasteiger partial charge in [0.1, 0.15) is 5.76 Å². The van der Waals surface area contributed by atoms with E-state index in [1.54, 1.807) is 37.3 Å². The molecule has 1 aliphatic heterocycles. The van der Waals surface area contributed by atoms with Gasteiger partial charge in [-0.15, -0.1) is 0 Å². The van der Waals surface area contributed by atoms with Gasteiger partial charge in [-0.2, -0.15) is 0 Å². The molecule has 0 radical (unpaired) electrons. The molecule has 0 saturated heterocycles. The lowest BCUT2D eigenvalue weighted by Gasteiger charge is -2.29. The van der Waals surface area contributed by atoms with Crippen molar-refractivity contribution in [3.05, 3.63) is 70.4 Å². The molecule has 1 aliphatic rings. The lowest BCUT2D eigenvalue weighted by molar-refractivity contribution is 0.0703. The zero-order chi connectivity index (χ0) is 19.7. The van der Waals surface area contributed by atoms with Crippen molar-refractivity contribution in [2.75, 3.05) is 20.8 Å². The summed E-state index contributed by atoms with van der Waals surface area (Å²) in [5.74, 6) is 2.22. The van der Waals surface area contributed by atoms with Gasteiger partial charge in [0, 0.05) is 23.7 Å². The summed E-state index contributed by atoms with van der Waals surface area (Å²) in [5, 5.41) is 0.658. The van der Waals surface area contributed by atoms with E-state index < -0.39 is 0 Å². The van der Waals surface area contributed by atoms with Crippen molar-refractivity contribution in [3.8, 4) is 22.8 Å². The van der Waals surface area contributed by atoms with Crippen LogP contribution in [0, 0.1) is 0 Å². The number of hydrogen-bond donors (Lipinski definition) is 0. The summed E-state index contributed by atoms with van der Waals surface area (Å²) in [5.41, 5.74) is 3.11. The van der Waals surface area contributed by atoms with Crippen LogP contribution in [0.15, 0.2) is 52.9 Å². The fourth-order valence-corrected chi connectivity index (χ4v) is 3.56. The average molecular weight is 398 g/mol. The fourth-order valence-electron chi connectivity index (χ4n) is 3.43. The highest BCUT2D eigenvalue weighted by Crippen LogP contribution is 2.34. The number of rotatable bonds is 4. The van der Waals surface area contributed by atoms with Crippen molar-refractivity contribution in [3.63, 3.8) is 0 Å². The van der Waals surface area contributed by atoms with E-state index in [1.165, 1.54) is 5.56 Å². The van der Waals surface area contributed by atoms with Crippen LogP contribution in [0.4, 0.5) is 0 Å². The van der Waals surface area contributed by atoms with Gasteiger partial charge in [0.25, 0.3) is 5.91 Å². The number of carbonyl (C=O) groups excluding carboxylic acids is 1. The molecule has 5 nitrogen and oxygen atoms in total. The maximum atomic E-state index is 12.9. The summed E-state index contributed by atoms with van der Waals surface area (Å²) in [7, 11) is 3.23. The molecule has 1 amide bonds. The van der Waals surface area contributed by atoms with E-state index in [4.69, 9.17) is 25.5 Å². The molecular weight excluding hydrogens is 378 g/mol. The van der Waals surface area contributed by atoms with Gasteiger partial charge in [-0.25, -0.2) is 0 Å². The predicted octanol–water partition coefficient (Wildman–Crippen LogP) is 4.82. The second kappa shape index (κ2) is 7.60. The van der Waals surface area contributed by atoms with Crippen LogP contribution in [0.5, 0.6) is 11.5 Å². The van der Waals surface area contributed by atoms with Gasteiger partial charge in [0.05, 0.1) is 14.2 Å². The number of furan rings is 1. The van der Waals surface area contributed by atoms with Gasteiger partial charge in [0.2, 0.25) is 0 Å². The van der Waals surface area contributed by atoms with Crippen LogP contribution in [0.2, 0.25) is 5.02 Å². The van der Waals surface area contributed by atoms with Crippen LogP contribution in [0.25, 0.3) is 11.3 Å². The molecule has 3 aromatic rings. The number of carbonyl (C=O) groups is 1. The Balaban J connectivity index is 1.54. The number of benzene rings is 2. The molecule has 0 fully saturated rings. The molecule has 0 aliphatic carbocycles. The summed E-state index contributed by atoms with van der Waals surface area (Å²) < 4.78 is 16.6. The first kappa shape index (κ1) is 18.4. The van der Waals surface area contributed by atoms with Gasteiger partial charge in [-0.3, -0.25) is 4.79 Å². The van der Waals surface area contributed by atoms with E-state index in [0.717, 1.165) is 17.5 Å². The van der Waals surface area contributed by atoms with E-state index in [1.807, 2.05) is 30.3 Å². The van der Waals surface area contributed by atoms with E-state index >= 15 is 0 Å². The van der Waals surface area contributed by atoms with E-state index in [9.17, 15) is 4.79 Å². The van der Waals surface area contributed by atoms with Crippen LogP contribution < -0.4 is 9.47 Å². The second-order valence-electron chi connectivity index (χ2n) is 6.62. The monoisotopic (exact) mass is 397 g/mol. The van der Waals surface area contributed by atoms with Crippen molar-refractivity contribution in [1.29, 1.82) is 0 Å². The maximum absolute atomic E-state index is 12.9. The average Bonchev–Trinajstić information content (AvgIpc) is 3.22. The van der Waals surface area contributed by atoms with Gasteiger partial charge in [-0.1, -0.05) is 11.6 Å². The number of amides is 1. The SMILES string of the molecule is COc1cc2c(cc1OC)CN(C(=O)c1ccc(-c3ccc(Cl)cc3)o1)CC2. The molecule has 4 rings (SSSR count). The highest BCUT2D eigenvalue weighted by molar-refractivity contribution is 6.30. The molecule has 0 N–H and O–H groups in total. The first-order valence-corrected chi connectivity index (χ1v) is 9.35.